The number of rotatable bonds is 4. The molecule has 0 heterocycles. The van der Waals surface area contributed by atoms with Crippen LogP contribution in [0.5, 0.6) is 0 Å². The van der Waals surface area contributed by atoms with Crippen LogP contribution in [0.2, 0.25) is 0 Å². The van der Waals surface area contributed by atoms with Gasteiger partial charge in [-0.3, -0.25) is 0 Å². The summed E-state index contributed by atoms with van der Waals surface area (Å²) >= 11 is 5.78. The highest BCUT2D eigenvalue weighted by atomic mass is 35.5. The van der Waals surface area contributed by atoms with Gasteiger partial charge in [-0.1, -0.05) is 68.0 Å². The minimum atomic E-state index is 0.156. The Morgan fingerprint density at radius 1 is 1.44 bits per heavy atom. The van der Waals surface area contributed by atoms with Crippen molar-refractivity contribution in [3.8, 4) is 0 Å². The third-order valence-corrected chi connectivity index (χ3v) is 4.05. The second-order valence-corrected chi connectivity index (χ2v) is 5.50. The average Bonchev–Trinajstić information content (AvgIpc) is 2.35. The van der Waals surface area contributed by atoms with Crippen LogP contribution in [0, 0.1) is 5.41 Å². The summed E-state index contributed by atoms with van der Waals surface area (Å²) in [6.45, 7) is 8.97. The summed E-state index contributed by atoms with van der Waals surface area (Å²) in [6, 6.07) is 0. The molecule has 0 aromatic rings. The minimum absolute atomic E-state index is 0.156. The van der Waals surface area contributed by atoms with E-state index >= 15 is 0 Å². The van der Waals surface area contributed by atoms with Gasteiger partial charge in [-0.2, -0.15) is 0 Å². The molecule has 1 N–H and O–H groups in total. The molecule has 0 spiro atoms. The van der Waals surface area contributed by atoms with Crippen LogP contribution < -0.4 is 5.32 Å². The van der Waals surface area contributed by atoms with Crippen molar-refractivity contribution in [2.45, 2.75) is 26.7 Å². The molecule has 0 bridgehead atoms. The standard InChI is InChI=1S/C16H20ClN/c1-4-14-9-8-13(11-18-12(2)17)15-7-5-6-10-16(14,15)3/h5-9,18H,2,4,10-11H2,1,3H3. The Balaban J connectivity index is 2.33. The van der Waals surface area contributed by atoms with E-state index < -0.39 is 0 Å². The quantitative estimate of drug-likeness (QED) is 0.737. The molecular weight excluding hydrogens is 242 g/mol. The Morgan fingerprint density at radius 2 is 2.22 bits per heavy atom. The number of allylic oxidation sites excluding steroid dienone is 6. The first-order chi connectivity index (χ1) is 8.58. The number of hydrogen-bond acceptors (Lipinski definition) is 1. The molecule has 1 nitrogen and oxygen atoms in total. The highest BCUT2D eigenvalue weighted by Crippen LogP contribution is 2.47. The lowest BCUT2D eigenvalue weighted by Gasteiger charge is -2.39. The fourth-order valence-electron chi connectivity index (χ4n) is 2.86. The van der Waals surface area contributed by atoms with Gasteiger partial charge in [0.15, 0.2) is 0 Å². The van der Waals surface area contributed by atoms with Crippen LogP contribution in [0.1, 0.15) is 26.7 Å². The minimum Gasteiger partial charge on any atom is -0.372 e. The summed E-state index contributed by atoms with van der Waals surface area (Å²) in [5.74, 6) is 0. The zero-order valence-corrected chi connectivity index (χ0v) is 11.8. The van der Waals surface area contributed by atoms with E-state index in [1.54, 1.807) is 0 Å². The Hall–Kier alpha value is -1.21. The maximum Gasteiger partial charge on any atom is 0.0947 e. The normalized spacial score (nSPS) is 25.8. The maximum absolute atomic E-state index is 5.78. The molecule has 2 aliphatic carbocycles. The molecule has 0 aliphatic heterocycles. The molecular formula is C16H20ClN. The summed E-state index contributed by atoms with van der Waals surface area (Å²) < 4.78 is 0. The van der Waals surface area contributed by atoms with Crippen molar-refractivity contribution >= 4 is 11.6 Å². The Labute approximate surface area is 115 Å². The third kappa shape index (κ3) is 2.32. The molecule has 1 atom stereocenters. The van der Waals surface area contributed by atoms with E-state index in [0.717, 1.165) is 19.4 Å². The molecule has 0 aromatic heterocycles. The molecule has 1 unspecified atom stereocenters. The van der Waals surface area contributed by atoms with Crippen molar-refractivity contribution < 1.29 is 0 Å². The van der Waals surface area contributed by atoms with Gasteiger partial charge in [0.25, 0.3) is 0 Å². The Kier molecular flexibility index (Phi) is 3.82. The van der Waals surface area contributed by atoms with E-state index in [2.05, 4.69) is 56.1 Å². The smallest absolute Gasteiger partial charge is 0.0947 e. The van der Waals surface area contributed by atoms with Crippen LogP contribution in [-0.4, -0.2) is 6.54 Å². The Bertz CT molecular complexity index is 479. The molecule has 0 saturated heterocycles. The number of nitrogens with one attached hydrogen (secondary N) is 1. The fourth-order valence-corrected chi connectivity index (χ4v) is 2.92. The molecule has 18 heavy (non-hydrogen) atoms. The zero-order chi connectivity index (χ0) is 13.2. The third-order valence-electron chi connectivity index (χ3n) is 3.91. The van der Waals surface area contributed by atoms with Crippen LogP contribution in [0.25, 0.3) is 0 Å². The predicted octanol–water partition coefficient (Wildman–Crippen LogP) is 4.46. The lowest BCUT2D eigenvalue weighted by molar-refractivity contribution is 0.466. The summed E-state index contributed by atoms with van der Waals surface area (Å²) in [5.41, 5.74) is 4.38. The predicted molar refractivity (Wildman–Crippen MR) is 79.4 cm³/mol. The summed E-state index contributed by atoms with van der Waals surface area (Å²) in [7, 11) is 0. The second-order valence-electron chi connectivity index (χ2n) is 5.04. The van der Waals surface area contributed by atoms with E-state index in [-0.39, 0.29) is 5.41 Å². The van der Waals surface area contributed by atoms with Crippen LogP contribution in [-0.2, 0) is 0 Å². The molecule has 96 valence electrons. The van der Waals surface area contributed by atoms with Crippen LogP contribution in [0.4, 0.5) is 0 Å². The van der Waals surface area contributed by atoms with Gasteiger partial charge in [0.1, 0.15) is 0 Å². The molecule has 0 aromatic carbocycles. The Morgan fingerprint density at radius 3 is 2.89 bits per heavy atom. The van der Waals surface area contributed by atoms with Crippen LogP contribution in [0.3, 0.4) is 0 Å². The molecule has 2 rings (SSSR count). The zero-order valence-electron chi connectivity index (χ0n) is 11.1. The van der Waals surface area contributed by atoms with Gasteiger partial charge in [-0.15, -0.1) is 0 Å². The highest BCUT2D eigenvalue weighted by molar-refractivity contribution is 6.28. The van der Waals surface area contributed by atoms with Crippen molar-refractivity contribution in [1.82, 2.24) is 5.32 Å². The van der Waals surface area contributed by atoms with Crippen LogP contribution >= 0.6 is 11.6 Å². The van der Waals surface area contributed by atoms with Gasteiger partial charge < -0.3 is 5.32 Å². The van der Waals surface area contributed by atoms with E-state index in [1.807, 2.05) is 0 Å². The SMILES string of the molecule is C=C(Cl)NCC1=CC=C(CC)C2(C)CC=CC=C12. The first-order valence-corrected chi connectivity index (χ1v) is 6.82. The summed E-state index contributed by atoms with van der Waals surface area (Å²) in [4.78, 5) is 0. The first-order valence-electron chi connectivity index (χ1n) is 6.44. The van der Waals surface area contributed by atoms with Crippen molar-refractivity contribution in [1.29, 1.82) is 0 Å². The topological polar surface area (TPSA) is 12.0 Å². The summed E-state index contributed by atoms with van der Waals surface area (Å²) in [5, 5.41) is 3.60. The highest BCUT2D eigenvalue weighted by Gasteiger charge is 2.35. The van der Waals surface area contributed by atoms with Crippen molar-refractivity contribution in [3.63, 3.8) is 0 Å². The van der Waals surface area contributed by atoms with E-state index in [0.29, 0.717) is 5.16 Å². The van der Waals surface area contributed by atoms with Gasteiger partial charge in [0.2, 0.25) is 0 Å². The van der Waals surface area contributed by atoms with Crippen molar-refractivity contribution in [3.05, 3.63) is 58.8 Å². The van der Waals surface area contributed by atoms with Gasteiger partial charge in [0.05, 0.1) is 5.16 Å². The van der Waals surface area contributed by atoms with Gasteiger partial charge in [0, 0.05) is 12.0 Å². The number of halogens is 1. The van der Waals surface area contributed by atoms with E-state index in [1.165, 1.54) is 16.7 Å². The molecule has 0 radical (unpaired) electrons. The van der Waals surface area contributed by atoms with Gasteiger partial charge in [-0.05, 0) is 24.0 Å². The fraction of sp³-hybridized carbons (Fsp3) is 0.375. The number of hydrogen-bond donors (Lipinski definition) is 1. The van der Waals surface area contributed by atoms with Crippen LogP contribution in [0.15, 0.2) is 58.8 Å². The number of fused-ring (bicyclic) bond motifs is 1. The molecule has 2 aliphatic rings. The molecule has 0 amide bonds. The maximum atomic E-state index is 5.78. The monoisotopic (exact) mass is 261 g/mol. The average molecular weight is 262 g/mol. The molecule has 0 fully saturated rings. The lowest BCUT2D eigenvalue weighted by Crippen LogP contribution is -2.29. The first kappa shape index (κ1) is 13.2. The molecule has 2 heteroatoms. The van der Waals surface area contributed by atoms with Gasteiger partial charge in [-0.25, -0.2) is 0 Å². The molecule has 0 saturated carbocycles. The van der Waals surface area contributed by atoms with E-state index in [4.69, 9.17) is 11.6 Å². The second kappa shape index (κ2) is 5.19. The van der Waals surface area contributed by atoms with Crippen molar-refractivity contribution in [2.75, 3.05) is 6.54 Å². The van der Waals surface area contributed by atoms with E-state index in [9.17, 15) is 0 Å². The van der Waals surface area contributed by atoms with Gasteiger partial charge >= 0.3 is 0 Å². The largest absolute Gasteiger partial charge is 0.372 e. The summed E-state index contributed by atoms with van der Waals surface area (Å²) in [6.07, 6.45) is 13.3. The lowest BCUT2D eigenvalue weighted by atomic mass is 9.65. The van der Waals surface area contributed by atoms with Crippen molar-refractivity contribution in [2.24, 2.45) is 5.41 Å².